The maximum Gasteiger partial charge on any atom is 0.249 e. The summed E-state index contributed by atoms with van der Waals surface area (Å²) in [6.45, 7) is 3.17. The van der Waals surface area contributed by atoms with E-state index in [1.54, 1.807) is 7.11 Å². The lowest BCUT2D eigenvalue weighted by atomic mass is 10.1. The highest BCUT2D eigenvalue weighted by Gasteiger charge is 2.38. The number of ether oxygens (including phenoxy) is 2. The minimum absolute atomic E-state index is 0. The van der Waals surface area contributed by atoms with Crippen molar-refractivity contribution in [3.63, 3.8) is 0 Å². The summed E-state index contributed by atoms with van der Waals surface area (Å²) in [6.07, 6.45) is 0.171. The Kier molecular flexibility index (Phi) is 4.79. The minimum atomic E-state index is 0. The Balaban J connectivity index is 0.00000112. The number of carbonyl (C=O) groups is 1. The third-order valence-electron chi connectivity index (χ3n) is 2.78. The highest BCUT2D eigenvalue weighted by molar-refractivity contribution is 5.85. The standard InChI is InChI=1S/C9H16N2O3.ClH/c1-13-6-9(12)11-2-3-14-8-5-10-4-7(8)11;/h7-8,10H,2-6H2,1H3;1H/t7-,8+;/m1./s1. The van der Waals surface area contributed by atoms with Gasteiger partial charge in [-0.2, -0.15) is 0 Å². The molecule has 0 aromatic heterocycles. The monoisotopic (exact) mass is 236 g/mol. The van der Waals surface area contributed by atoms with Gasteiger partial charge in [0.05, 0.1) is 18.8 Å². The molecule has 1 amide bonds. The number of hydrogen-bond acceptors (Lipinski definition) is 4. The summed E-state index contributed by atoms with van der Waals surface area (Å²) in [5, 5.41) is 3.23. The quantitative estimate of drug-likeness (QED) is 0.686. The number of methoxy groups -OCH3 is 1. The second-order valence-electron chi connectivity index (χ2n) is 3.65. The molecular formula is C9H17ClN2O3. The molecular weight excluding hydrogens is 220 g/mol. The van der Waals surface area contributed by atoms with Crippen molar-refractivity contribution in [2.24, 2.45) is 0 Å². The predicted octanol–water partition coefficient (Wildman–Crippen LogP) is -0.746. The number of fused-ring (bicyclic) bond motifs is 1. The maximum atomic E-state index is 11.7. The van der Waals surface area contributed by atoms with Crippen LogP contribution in [0.4, 0.5) is 0 Å². The lowest BCUT2D eigenvalue weighted by Gasteiger charge is -2.36. The molecule has 15 heavy (non-hydrogen) atoms. The fraction of sp³-hybridized carbons (Fsp3) is 0.889. The first kappa shape index (κ1) is 12.7. The van der Waals surface area contributed by atoms with Gasteiger partial charge in [0, 0.05) is 26.7 Å². The van der Waals surface area contributed by atoms with Crippen molar-refractivity contribution >= 4 is 18.3 Å². The van der Waals surface area contributed by atoms with Crippen LogP contribution in [-0.4, -0.2) is 62.9 Å². The molecule has 2 aliphatic heterocycles. The SMILES string of the molecule is COCC(=O)N1CCO[C@H]2CNC[C@H]21.Cl. The summed E-state index contributed by atoms with van der Waals surface area (Å²) in [6, 6.07) is 0.200. The van der Waals surface area contributed by atoms with E-state index in [0.29, 0.717) is 13.2 Å². The average Bonchev–Trinajstić information content (AvgIpc) is 2.65. The summed E-state index contributed by atoms with van der Waals surface area (Å²) < 4.78 is 10.4. The molecule has 2 heterocycles. The van der Waals surface area contributed by atoms with E-state index in [1.807, 2.05) is 4.90 Å². The molecule has 0 aromatic rings. The molecule has 2 fully saturated rings. The summed E-state index contributed by atoms with van der Waals surface area (Å²) >= 11 is 0. The normalized spacial score (nSPS) is 29.5. The molecule has 5 nitrogen and oxygen atoms in total. The van der Waals surface area contributed by atoms with E-state index in [9.17, 15) is 4.79 Å². The van der Waals surface area contributed by atoms with Crippen LogP contribution in [0.25, 0.3) is 0 Å². The zero-order valence-corrected chi connectivity index (χ0v) is 9.59. The van der Waals surface area contributed by atoms with Crippen molar-refractivity contribution < 1.29 is 14.3 Å². The van der Waals surface area contributed by atoms with E-state index in [1.165, 1.54) is 0 Å². The van der Waals surface area contributed by atoms with E-state index < -0.39 is 0 Å². The fourth-order valence-corrected chi connectivity index (χ4v) is 2.11. The largest absolute Gasteiger partial charge is 0.375 e. The molecule has 0 aliphatic carbocycles. The Hall–Kier alpha value is -0.360. The smallest absolute Gasteiger partial charge is 0.249 e. The van der Waals surface area contributed by atoms with Gasteiger partial charge >= 0.3 is 0 Å². The minimum Gasteiger partial charge on any atom is -0.375 e. The Bertz CT molecular complexity index is 227. The summed E-state index contributed by atoms with van der Waals surface area (Å²) in [7, 11) is 1.54. The number of amides is 1. The number of hydrogen-bond donors (Lipinski definition) is 1. The molecule has 0 unspecified atom stereocenters. The van der Waals surface area contributed by atoms with Crippen LogP contribution in [0.2, 0.25) is 0 Å². The number of morpholine rings is 1. The second kappa shape index (κ2) is 5.65. The molecule has 2 atom stereocenters. The van der Waals surface area contributed by atoms with Crippen LogP contribution in [0.3, 0.4) is 0 Å². The first-order valence-electron chi connectivity index (χ1n) is 4.93. The van der Waals surface area contributed by atoms with Crippen LogP contribution in [0.15, 0.2) is 0 Å². The van der Waals surface area contributed by atoms with Crippen molar-refractivity contribution in [1.82, 2.24) is 10.2 Å². The molecule has 6 heteroatoms. The van der Waals surface area contributed by atoms with Gasteiger partial charge in [-0.15, -0.1) is 12.4 Å². The van der Waals surface area contributed by atoms with Gasteiger partial charge < -0.3 is 19.7 Å². The number of halogens is 1. The van der Waals surface area contributed by atoms with Gasteiger partial charge in [-0.3, -0.25) is 4.79 Å². The van der Waals surface area contributed by atoms with Gasteiger partial charge in [-0.25, -0.2) is 0 Å². The van der Waals surface area contributed by atoms with Gasteiger partial charge in [-0.05, 0) is 0 Å². The lowest BCUT2D eigenvalue weighted by Crippen LogP contribution is -2.54. The number of rotatable bonds is 2. The molecule has 0 spiro atoms. The molecule has 0 saturated carbocycles. The average molecular weight is 237 g/mol. The molecule has 2 aliphatic rings. The van der Waals surface area contributed by atoms with Crippen LogP contribution in [0.1, 0.15) is 0 Å². The van der Waals surface area contributed by atoms with Crippen molar-refractivity contribution in [2.45, 2.75) is 12.1 Å². The first-order chi connectivity index (χ1) is 6.83. The Morgan fingerprint density at radius 2 is 2.40 bits per heavy atom. The first-order valence-corrected chi connectivity index (χ1v) is 4.93. The van der Waals surface area contributed by atoms with Crippen LogP contribution in [0.5, 0.6) is 0 Å². The van der Waals surface area contributed by atoms with E-state index >= 15 is 0 Å². The van der Waals surface area contributed by atoms with E-state index in [-0.39, 0.29) is 37.1 Å². The van der Waals surface area contributed by atoms with E-state index in [4.69, 9.17) is 9.47 Å². The van der Waals surface area contributed by atoms with Crippen LogP contribution in [0, 0.1) is 0 Å². The Morgan fingerprint density at radius 1 is 1.60 bits per heavy atom. The molecule has 2 rings (SSSR count). The van der Waals surface area contributed by atoms with Crippen molar-refractivity contribution in [1.29, 1.82) is 0 Å². The van der Waals surface area contributed by atoms with Gasteiger partial charge in [0.15, 0.2) is 0 Å². The second-order valence-corrected chi connectivity index (χ2v) is 3.65. The number of nitrogens with zero attached hydrogens (tertiary/aromatic N) is 1. The van der Waals surface area contributed by atoms with Gasteiger partial charge in [-0.1, -0.05) is 0 Å². The van der Waals surface area contributed by atoms with Crippen molar-refractivity contribution in [3.05, 3.63) is 0 Å². The molecule has 0 radical (unpaired) electrons. The topological polar surface area (TPSA) is 50.8 Å². The van der Waals surface area contributed by atoms with E-state index in [2.05, 4.69) is 5.32 Å². The Morgan fingerprint density at radius 3 is 3.13 bits per heavy atom. The van der Waals surface area contributed by atoms with Crippen molar-refractivity contribution in [3.8, 4) is 0 Å². The molecule has 0 bridgehead atoms. The molecule has 2 saturated heterocycles. The summed E-state index contributed by atoms with van der Waals surface area (Å²) in [5.74, 6) is 0.0644. The fourth-order valence-electron chi connectivity index (χ4n) is 2.11. The summed E-state index contributed by atoms with van der Waals surface area (Å²) in [4.78, 5) is 13.5. The van der Waals surface area contributed by atoms with E-state index in [0.717, 1.165) is 13.1 Å². The van der Waals surface area contributed by atoms with Gasteiger partial charge in [0.1, 0.15) is 6.61 Å². The summed E-state index contributed by atoms with van der Waals surface area (Å²) in [5.41, 5.74) is 0. The third kappa shape index (κ3) is 2.60. The Labute approximate surface area is 95.5 Å². The molecule has 1 N–H and O–H groups in total. The zero-order valence-electron chi connectivity index (χ0n) is 8.77. The molecule has 0 aromatic carbocycles. The van der Waals surface area contributed by atoms with Crippen LogP contribution in [-0.2, 0) is 14.3 Å². The van der Waals surface area contributed by atoms with Crippen LogP contribution < -0.4 is 5.32 Å². The van der Waals surface area contributed by atoms with Gasteiger partial charge in [0.25, 0.3) is 0 Å². The zero-order chi connectivity index (χ0) is 9.97. The predicted molar refractivity (Wildman–Crippen MR) is 57.2 cm³/mol. The number of carbonyl (C=O) groups excluding carboxylic acids is 1. The molecule has 88 valence electrons. The van der Waals surface area contributed by atoms with Crippen molar-refractivity contribution in [2.75, 3.05) is 40.0 Å². The highest BCUT2D eigenvalue weighted by Crippen LogP contribution is 2.17. The number of nitrogens with one attached hydrogen (secondary N) is 1. The highest BCUT2D eigenvalue weighted by atomic mass is 35.5. The lowest BCUT2D eigenvalue weighted by molar-refractivity contribution is -0.146. The third-order valence-corrected chi connectivity index (χ3v) is 2.78. The maximum absolute atomic E-state index is 11.7. The van der Waals surface area contributed by atoms with Gasteiger partial charge in [0.2, 0.25) is 5.91 Å². The van der Waals surface area contributed by atoms with Crippen LogP contribution >= 0.6 is 12.4 Å².